The minimum absolute atomic E-state index is 0.257. The zero-order chi connectivity index (χ0) is 20.3. The van der Waals surface area contributed by atoms with Gasteiger partial charge < -0.3 is 15.6 Å². The lowest BCUT2D eigenvalue weighted by atomic mass is 9.92. The van der Waals surface area contributed by atoms with Crippen LogP contribution in [0, 0.1) is 5.82 Å². The van der Waals surface area contributed by atoms with Crippen LogP contribution in [0.3, 0.4) is 0 Å². The van der Waals surface area contributed by atoms with E-state index in [0.717, 1.165) is 16.7 Å². The van der Waals surface area contributed by atoms with Crippen molar-refractivity contribution in [2.45, 2.75) is 32.7 Å². The Morgan fingerprint density at radius 3 is 2.79 bits per heavy atom. The first-order chi connectivity index (χ1) is 13.2. The lowest BCUT2D eigenvalue weighted by molar-refractivity contribution is 0.230. The van der Waals surface area contributed by atoms with E-state index in [1.807, 2.05) is 45.0 Å². The summed E-state index contributed by atoms with van der Waals surface area (Å²) >= 11 is 0. The SMILES string of the molecule is C=C(C)c1cccc(C(C)(C)NC(=O)NCCc2nc3ccc(F)cc3[nH]2)c1. The fraction of sp³-hybridized carbons (Fsp3) is 0.273. The molecule has 0 radical (unpaired) electrons. The van der Waals surface area contributed by atoms with Crippen LogP contribution in [-0.4, -0.2) is 22.5 Å². The second kappa shape index (κ2) is 7.84. The van der Waals surface area contributed by atoms with Gasteiger partial charge >= 0.3 is 6.03 Å². The van der Waals surface area contributed by atoms with E-state index in [-0.39, 0.29) is 11.8 Å². The van der Waals surface area contributed by atoms with Crippen LogP contribution < -0.4 is 10.6 Å². The summed E-state index contributed by atoms with van der Waals surface area (Å²) in [5, 5.41) is 5.85. The van der Waals surface area contributed by atoms with E-state index in [1.165, 1.54) is 12.1 Å². The fourth-order valence-corrected chi connectivity index (χ4v) is 3.02. The molecule has 1 heterocycles. The first-order valence-electron chi connectivity index (χ1n) is 9.21. The predicted octanol–water partition coefficient (Wildman–Crippen LogP) is 4.51. The van der Waals surface area contributed by atoms with Crippen LogP contribution in [0.4, 0.5) is 9.18 Å². The van der Waals surface area contributed by atoms with Crippen molar-refractivity contribution in [1.29, 1.82) is 0 Å². The van der Waals surface area contributed by atoms with Gasteiger partial charge in [-0.05, 0) is 56.2 Å². The highest BCUT2D eigenvalue weighted by Crippen LogP contribution is 2.23. The molecule has 2 aromatic carbocycles. The van der Waals surface area contributed by atoms with Crippen LogP contribution in [0.5, 0.6) is 0 Å². The van der Waals surface area contributed by atoms with E-state index in [4.69, 9.17) is 0 Å². The molecule has 0 aliphatic rings. The van der Waals surface area contributed by atoms with Gasteiger partial charge in [0.1, 0.15) is 11.6 Å². The van der Waals surface area contributed by atoms with Gasteiger partial charge in [-0.3, -0.25) is 0 Å². The average molecular weight is 380 g/mol. The molecule has 146 valence electrons. The Bertz CT molecular complexity index is 1020. The third kappa shape index (κ3) is 4.57. The topological polar surface area (TPSA) is 69.8 Å². The summed E-state index contributed by atoms with van der Waals surface area (Å²) in [4.78, 5) is 19.8. The van der Waals surface area contributed by atoms with Gasteiger partial charge in [0.2, 0.25) is 0 Å². The Morgan fingerprint density at radius 2 is 2.04 bits per heavy atom. The van der Waals surface area contributed by atoms with E-state index in [1.54, 1.807) is 6.07 Å². The number of aromatic nitrogens is 2. The van der Waals surface area contributed by atoms with Crippen molar-refractivity contribution < 1.29 is 9.18 Å². The zero-order valence-electron chi connectivity index (χ0n) is 16.4. The molecule has 0 bridgehead atoms. The molecule has 0 saturated carbocycles. The van der Waals surface area contributed by atoms with Crippen LogP contribution in [-0.2, 0) is 12.0 Å². The number of amides is 2. The van der Waals surface area contributed by atoms with Gasteiger partial charge in [-0.2, -0.15) is 0 Å². The number of halogens is 1. The summed E-state index contributed by atoms with van der Waals surface area (Å²) in [7, 11) is 0. The van der Waals surface area contributed by atoms with Crippen LogP contribution in [0.2, 0.25) is 0 Å². The number of allylic oxidation sites excluding steroid dienone is 1. The van der Waals surface area contributed by atoms with Crippen LogP contribution in [0.1, 0.15) is 37.7 Å². The molecule has 3 aromatic rings. The second-order valence-electron chi connectivity index (χ2n) is 7.46. The number of carbonyl (C=O) groups is 1. The molecular formula is C22H25FN4O. The third-order valence-electron chi connectivity index (χ3n) is 4.64. The maximum atomic E-state index is 13.3. The molecule has 0 saturated heterocycles. The van der Waals surface area contributed by atoms with Gasteiger partial charge in [0.25, 0.3) is 0 Å². The number of H-pyrrole nitrogens is 1. The van der Waals surface area contributed by atoms with Crippen molar-refractivity contribution in [1.82, 2.24) is 20.6 Å². The summed E-state index contributed by atoms with van der Waals surface area (Å²) < 4.78 is 13.3. The molecule has 6 heteroatoms. The molecule has 3 rings (SSSR count). The van der Waals surface area contributed by atoms with E-state index in [0.29, 0.717) is 29.8 Å². The van der Waals surface area contributed by atoms with Crippen molar-refractivity contribution >= 4 is 22.6 Å². The van der Waals surface area contributed by atoms with Gasteiger partial charge in [-0.15, -0.1) is 0 Å². The normalized spacial score (nSPS) is 11.4. The lowest BCUT2D eigenvalue weighted by Gasteiger charge is -2.27. The maximum Gasteiger partial charge on any atom is 0.315 e. The molecule has 3 N–H and O–H groups in total. The number of imidazole rings is 1. The Balaban J connectivity index is 1.57. The third-order valence-corrected chi connectivity index (χ3v) is 4.64. The number of fused-ring (bicyclic) bond motifs is 1. The van der Waals surface area contributed by atoms with Crippen molar-refractivity contribution in [3.63, 3.8) is 0 Å². The Morgan fingerprint density at radius 1 is 1.25 bits per heavy atom. The minimum atomic E-state index is -0.535. The first kappa shape index (κ1) is 19.6. The van der Waals surface area contributed by atoms with E-state index < -0.39 is 5.54 Å². The summed E-state index contributed by atoms with van der Waals surface area (Å²) in [6, 6.07) is 12.2. The van der Waals surface area contributed by atoms with Crippen LogP contribution in [0.15, 0.2) is 49.0 Å². The average Bonchev–Trinajstić information content (AvgIpc) is 3.03. The molecule has 0 atom stereocenters. The highest BCUT2D eigenvalue weighted by atomic mass is 19.1. The summed E-state index contributed by atoms with van der Waals surface area (Å²) in [5.74, 6) is 0.396. The standard InChI is InChI=1S/C22H25FN4O/c1-14(2)15-6-5-7-16(12-15)22(3,4)27-21(28)24-11-10-20-25-18-9-8-17(23)13-19(18)26-20/h5-9,12-13H,1,10-11H2,2-4H3,(H,25,26)(H2,24,27,28). The highest BCUT2D eigenvalue weighted by molar-refractivity contribution is 5.76. The monoisotopic (exact) mass is 380 g/mol. The molecule has 5 nitrogen and oxygen atoms in total. The number of urea groups is 1. The summed E-state index contributed by atoms with van der Waals surface area (Å²) in [5.41, 5.74) is 3.86. The number of benzene rings is 2. The molecule has 0 unspecified atom stereocenters. The first-order valence-corrected chi connectivity index (χ1v) is 9.21. The number of nitrogens with zero attached hydrogens (tertiary/aromatic N) is 1. The molecule has 2 amide bonds. The van der Waals surface area contributed by atoms with Crippen molar-refractivity contribution in [3.8, 4) is 0 Å². The van der Waals surface area contributed by atoms with Crippen molar-refractivity contribution in [2.24, 2.45) is 0 Å². The van der Waals surface area contributed by atoms with E-state index >= 15 is 0 Å². The number of rotatable bonds is 6. The quantitative estimate of drug-likeness (QED) is 0.589. The number of aromatic amines is 1. The molecular weight excluding hydrogens is 355 g/mol. The largest absolute Gasteiger partial charge is 0.342 e. The number of hydrogen-bond acceptors (Lipinski definition) is 2. The molecule has 28 heavy (non-hydrogen) atoms. The van der Waals surface area contributed by atoms with Crippen LogP contribution in [0.25, 0.3) is 16.6 Å². The molecule has 0 aliphatic carbocycles. The van der Waals surface area contributed by atoms with Gasteiger partial charge in [-0.1, -0.05) is 30.4 Å². The Kier molecular flexibility index (Phi) is 5.49. The Hall–Kier alpha value is -3.15. The highest BCUT2D eigenvalue weighted by Gasteiger charge is 2.23. The number of hydrogen-bond donors (Lipinski definition) is 3. The summed E-state index contributed by atoms with van der Waals surface area (Å²) in [6.07, 6.45) is 0.523. The van der Waals surface area contributed by atoms with Crippen molar-refractivity contribution in [2.75, 3.05) is 6.54 Å². The molecule has 0 aliphatic heterocycles. The second-order valence-corrected chi connectivity index (χ2v) is 7.46. The lowest BCUT2D eigenvalue weighted by Crippen LogP contribution is -2.47. The van der Waals surface area contributed by atoms with Crippen LogP contribution >= 0.6 is 0 Å². The van der Waals surface area contributed by atoms with Gasteiger partial charge in [-0.25, -0.2) is 14.2 Å². The smallest absolute Gasteiger partial charge is 0.315 e. The molecule has 1 aromatic heterocycles. The van der Waals surface area contributed by atoms with Crippen molar-refractivity contribution in [3.05, 3.63) is 71.8 Å². The Labute approximate surface area is 164 Å². The minimum Gasteiger partial charge on any atom is -0.342 e. The van der Waals surface area contributed by atoms with Gasteiger partial charge in [0, 0.05) is 13.0 Å². The fourth-order valence-electron chi connectivity index (χ4n) is 3.02. The summed E-state index contributed by atoms with van der Waals surface area (Å²) in [6.45, 7) is 10.3. The van der Waals surface area contributed by atoms with E-state index in [2.05, 4.69) is 27.2 Å². The molecule has 0 spiro atoms. The maximum absolute atomic E-state index is 13.3. The molecule has 0 fully saturated rings. The van der Waals surface area contributed by atoms with Gasteiger partial charge in [0.15, 0.2) is 0 Å². The number of nitrogens with one attached hydrogen (secondary N) is 3. The zero-order valence-corrected chi connectivity index (χ0v) is 16.4. The van der Waals surface area contributed by atoms with Gasteiger partial charge in [0.05, 0.1) is 16.6 Å². The van der Waals surface area contributed by atoms with E-state index in [9.17, 15) is 9.18 Å². The number of carbonyl (C=O) groups excluding carboxylic acids is 1. The predicted molar refractivity (Wildman–Crippen MR) is 110 cm³/mol.